The summed E-state index contributed by atoms with van der Waals surface area (Å²) in [5.74, 6) is 0.196. The van der Waals surface area contributed by atoms with Crippen molar-refractivity contribution in [3.05, 3.63) is 0 Å². The summed E-state index contributed by atoms with van der Waals surface area (Å²) < 4.78 is 0. The maximum Gasteiger partial charge on any atom is 0.232 e. The molecule has 3 nitrogen and oxygen atoms in total. The van der Waals surface area contributed by atoms with E-state index in [0.29, 0.717) is 0 Å². The second-order valence-electron chi connectivity index (χ2n) is 3.97. The minimum Gasteiger partial charge on any atom is -0.279 e. The van der Waals surface area contributed by atoms with E-state index in [2.05, 4.69) is 0 Å². The summed E-state index contributed by atoms with van der Waals surface area (Å²) in [6.45, 7) is 3.80. The van der Waals surface area contributed by atoms with Crippen LogP contribution in [0.15, 0.2) is 0 Å². The van der Waals surface area contributed by atoms with Gasteiger partial charge in [0.05, 0.1) is 0 Å². The van der Waals surface area contributed by atoms with Crippen LogP contribution in [-0.2, 0) is 9.59 Å². The molecule has 0 saturated carbocycles. The van der Waals surface area contributed by atoms with Crippen LogP contribution < -0.4 is 0 Å². The lowest BCUT2D eigenvalue weighted by molar-refractivity contribution is -0.143. The number of hydrogen-bond acceptors (Lipinski definition) is 2. The number of rotatable bonds is 0. The molecule has 0 aromatic heterocycles. The Morgan fingerprint density at radius 3 is 1.83 bits per heavy atom. The molecule has 0 N–H and O–H groups in total. The molecule has 1 unspecified atom stereocenters. The molecule has 0 radical (unpaired) electrons. The fraction of sp³-hybridized carbons (Fsp3) is 0.778. The van der Waals surface area contributed by atoms with E-state index in [9.17, 15) is 9.59 Å². The first-order valence-corrected chi connectivity index (χ1v) is 4.48. The van der Waals surface area contributed by atoms with Crippen LogP contribution in [0.3, 0.4) is 0 Å². The standard InChI is InChI=1S/C9H13NO2/c1-5-3-7-4-6(2)9(12)10(7)8(5)11/h5-7H,3-4H2,1-2H3/t5-,6+,7?. The number of nitrogens with zero attached hydrogens (tertiary/aromatic N) is 1. The molecule has 2 aliphatic rings. The third kappa shape index (κ3) is 0.822. The highest BCUT2D eigenvalue weighted by molar-refractivity contribution is 6.00. The van der Waals surface area contributed by atoms with Gasteiger partial charge in [-0.3, -0.25) is 14.5 Å². The summed E-state index contributed by atoms with van der Waals surface area (Å²) in [6, 6.07) is 0.218. The normalized spacial score (nSPS) is 40.8. The van der Waals surface area contributed by atoms with Gasteiger partial charge in [-0.15, -0.1) is 0 Å². The summed E-state index contributed by atoms with van der Waals surface area (Å²) in [5, 5.41) is 0. The van der Waals surface area contributed by atoms with Crippen molar-refractivity contribution in [3.8, 4) is 0 Å². The molecule has 2 saturated heterocycles. The van der Waals surface area contributed by atoms with E-state index in [-0.39, 0.29) is 29.7 Å². The molecule has 0 spiro atoms. The third-order valence-corrected chi connectivity index (χ3v) is 2.93. The Morgan fingerprint density at radius 2 is 1.50 bits per heavy atom. The van der Waals surface area contributed by atoms with Crippen molar-refractivity contribution in [1.29, 1.82) is 0 Å². The average molecular weight is 167 g/mol. The van der Waals surface area contributed by atoms with E-state index >= 15 is 0 Å². The Balaban J connectivity index is 2.26. The summed E-state index contributed by atoms with van der Waals surface area (Å²) in [7, 11) is 0. The zero-order chi connectivity index (χ0) is 8.88. The molecule has 3 heteroatoms. The molecular formula is C9H13NO2. The number of imide groups is 1. The molecule has 0 aromatic rings. The van der Waals surface area contributed by atoms with E-state index in [0.717, 1.165) is 12.8 Å². The monoisotopic (exact) mass is 167 g/mol. The Hall–Kier alpha value is -0.860. The quantitative estimate of drug-likeness (QED) is 0.500. The Bertz CT molecular complexity index is 225. The molecule has 0 aliphatic carbocycles. The second-order valence-corrected chi connectivity index (χ2v) is 3.97. The van der Waals surface area contributed by atoms with E-state index in [1.54, 1.807) is 0 Å². The SMILES string of the molecule is C[C@@H]1CC2C[C@H](C)C(=O)N2C1=O. The summed E-state index contributed by atoms with van der Waals surface area (Å²) >= 11 is 0. The molecule has 2 rings (SSSR count). The Morgan fingerprint density at radius 1 is 1.08 bits per heavy atom. The predicted octanol–water partition coefficient (Wildman–Crippen LogP) is 0.790. The second kappa shape index (κ2) is 2.31. The lowest BCUT2D eigenvalue weighted by atomic mass is 10.0. The fourth-order valence-corrected chi connectivity index (χ4v) is 2.27. The van der Waals surface area contributed by atoms with E-state index < -0.39 is 0 Å². The highest BCUT2D eigenvalue weighted by Gasteiger charge is 2.47. The minimum atomic E-state index is 0.0364. The Kier molecular flexibility index (Phi) is 1.50. The van der Waals surface area contributed by atoms with Crippen molar-refractivity contribution in [2.24, 2.45) is 11.8 Å². The van der Waals surface area contributed by atoms with Crippen LogP contribution in [-0.4, -0.2) is 22.8 Å². The number of carbonyl (C=O) groups excluding carboxylic acids is 2. The zero-order valence-corrected chi connectivity index (χ0v) is 7.41. The average Bonchev–Trinajstić information content (AvgIpc) is 2.40. The zero-order valence-electron chi connectivity index (χ0n) is 7.41. The van der Waals surface area contributed by atoms with Crippen LogP contribution in [0.1, 0.15) is 26.7 Å². The van der Waals surface area contributed by atoms with Gasteiger partial charge in [0.15, 0.2) is 0 Å². The highest BCUT2D eigenvalue weighted by Crippen LogP contribution is 2.35. The van der Waals surface area contributed by atoms with Gasteiger partial charge in [-0.2, -0.15) is 0 Å². The maximum atomic E-state index is 11.4. The van der Waals surface area contributed by atoms with Gasteiger partial charge in [0.25, 0.3) is 0 Å². The number of carbonyl (C=O) groups is 2. The van der Waals surface area contributed by atoms with Gasteiger partial charge in [0, 0.05) is 17.9 Å². The van der Waals surface area contributed by atoms with Crippen LogP contribution in [0.4, 0.5) is 0 Å². The Labute approximate surface area is 71.7 Å². The minimum absolute atomic E-state index is 0.0364. The van der Waals surface area contributed by atoms with Crippen molar-refractivity contribution in [3.63, 3.8) is 0 Å². The molecule has 2 heterocycles. The number of amides is 2. The lowest BCUT2D eigenvalue weighted by Gasteiger charge is -2.12. The molecule has 0 bridgehead atoms. The van der Waals surface area contributed by atoms with Crippen LogP contribution in [0, 0.1) is 11.8 Å². The van der Waals surface area contributed by atoms with E-state index in [4.69, 9.17) is 0 Å². The van der Waals surface area contributed by atoms with Crippen LogP contribution in [0.25, 0.3) is 0 Å². The first kappa shape index (κ1) is 7.77. The van der Waals surface area contributed by atoms with Crippen molar-refractivity contribution in [2.45, 2.75) is 32.7 Å². The number of hydrogen-bond donors (Lipinski definition) is 0. The van der Waals surface area contributed by atoms with Crippen LogP contribution in [0.5, 0.6) is 0 Å². The topological polar surface area (TPSA) is 37.4 Å². The number of fused-ring (bicyclic) bond motifs is 1. The van der Waals surface area contributed by atoms with E-state index in [1.165, 1.54) is 4.90 Å². The maximum absolute atomic E-state index is 11.4. The molecule has 2 fully saturated rings. The van der Waals surface area contributed by atoms with Gasteiger partial charge in [0.1, 0.15) is 0 Å². The van der Waals surface area contributed by atoms with Crippen LogP contribution >= 0.6 is 0 Å². The molecular weight excluding hydrogens is 154 g/mol. The molecule has 2 amide bonds. The molecule has 0 aromatic carbocycles. The molecule has 2 aliphatic heterocycles. The summed E-state index contributed by atoms with van der Waals surface area (Å²) in [4.78, 5) is 24.4. The van der Waals surface area contributed by atoms with Crippen molar-refractivity contribution in [2.75, 3.05) is 0 Å². The van der Waals surface area contributed by atoms with Gasteiger partial charge in [-0.05, 0) is 12.8 Å². The summed E-state index contributed by atoms with van der Waals surface area (Å²) in [5.41, 5.74) is 0. The molecule has 12 heavy (non-hydrogen) atoms. The van der Waals surface area contributed by atoms with Gasteiger partial charge in [-0.1, -0.05) is 13.8 Å². The summed E-state index contributed by atoms with van der Waals surface area (Å²) in [6.07, 6.45) is 1.74. The van der Waals surface area contributed by atoms with Gasteiger partial charge >= 0.3 is 0 Å². The highest BCUT2D eigenvalue weighted by atomic mass is 16.2. The molecule has 3 atom stereocenters. The largest absolute Gasteiger partial charge is 0.279 e. The van der Waals surface area contributed by atoms with Crippen molar-refractivity contribution in [1.82, 2.24) is 4.90 Å². The lowest BCUT2D eigenvalue weighted by Crippen LogP contribution is -2.33. The van der Waals surface area contributed by atoms with Gasteiger partial charge < -0.3 is 0 Å². The smallest absolute Gasteiger partial charge is 0.232 e. The van der Waals surface area contributed by atoms with Crippen molar-refractivity contribution < 1.29 is 9.59 Å². The first-order valence-electron chi connectivity index (χ1n) is 4.48. The van der Waals surface area contributed by atoms with Crippen molar-refractivity contribution >= 4 is 11.8 Å². The van der Waals surface area contributed by atoms with Gasteiger partial charge in [0.2, 0.25) is 11.8 Å². The van der Waals surface area contributed by atoms with Gasteiger partial charge in [-0.25, -0.2) is 0 Å². The van der Waals surface area contributed by atoms with E-state index in [1.807, 2.05) is 13.8 Å². The third-order valence-electron chi connectivity index (χ3n) is 2.93. The molecule has 66 valence electrons. The predicted molar refractivity (Wildman–Crippen MR) is 43.2 cm³/mol. The van der Waals surface area contributed by atoms with Crippen LogP contribution in [0.2, 0.25) is 0 Å². The first-order chi connectivity index (χ1) is 5.61. The fourth-order valence-electron chi connectivity index (χ4n) is 2.27.